The Balaban J connectivity index is 1.64. The first-order valence-corrected chi connectivity index (χ1v) is 8.41. The quantitative estimate of drug-likeness (QED) is 0.943. The second-order valence-electron chi connectivity index (χ2n) is 6.79. The van der Waals surface area contributed by atoms with Crippen LogP contribution in [0, 0.1) is 12.8 Å². The number of imidazole rings is 1. The van der Waals surface area contributed by atoms with E-state index in [0.29, 0.717) is 5.92 Å². The summed E-state index contributed by atoms with van der Waals surface area (Å²) in [4.78, 5) is 8.93. The summed E-state index contributed by atoms with van der Waals surface area (Å²) >= 11 is 0. The van der Waals surface area contributed by atoms with Crippen LogP contribution < -0.4 is 0 Å². The topological polar surface area (TPSA) is 50.9 Å². The molecule has 0 aromatic carbocycles. The normalized spacial score (nSPS) is 22.4. The van der Waals surface area contributed by atoms with Gasteiger partial charge in [-0.25, -0.2) is 4.98 Å². The third-order valence-corrected chi connectivity index (χ3v) is 5.42. The van der Waals surface area contributed by atoms with E-state index < -0.39 is 0 Å². The Hall–Kier alpha value is -1.68. The number of aliphatic hydroxyl groups is 1. The molecule has 1 aliphatic heterocycles. The van der Waals surface area contributed by atoms with E-state index in [4.69, 9.17) is 0 Å². The molecule has 1 fully saturated rings. The van der Waals surface area contributed by atoms with E-state index in [2.05, 4.69) is 27.5 Å². The summed E-state index contributed by atoms with van der Waals surface area (Å²) in [5.74, 6) is 0.453. The Kier molecular flexibility index (Phi) is 3.49. The standard InChI is InChI=1S/C18H23N3O/c1-12-7-8-20-18-14(21-11-19-10-15(21)17(12)18)9-16(22)13-5-3-2-4-6-13/h7-8,10-11,13-14,16,22H,2-6,9H2,1H3. The van der Waals surface area contributed by atoms with Crippen molar-refractivity contribution < 1.29 is 5.11 Å². The second-order valence-corrected chi connectivity index (χ2v) is 6.79. The van der Waals surface area contributed by atoms with Crippen molar-refractivity contribution in [2.24, 2.45) is 5.92 Å². The fraction of sp³-hybridized carbons (Fsp3) is 0.556. The van der Waals surface area contributed by atoms with Gasteiger partial charge in [0.15, 0.2) is 0 Å². The zero-order chi connectivity index (χ0) is 15.1. The lowest BCUT2D eigenvalue weighted by Crippen LogP contribution is -2.26. The Morgan fingerprint density at radius 3 is 2.95 bits per heavy atom. The maximum Gasteiger partial charge on any atom is 0.0957 e. The number of aromatic nitrogens is 3. The van der Waals surface area contributed by atoms with Gasteiger partial charge in [0, 0.05) is 18.2 Å². The minimum Gasteiger partial charge on any atom is -0.393 e. The van der Waals surface area contributed by atoms with Crippen molar-refractivity contribution in [2.45, 2.75) is 57.6 Å². The summed E-state index contributed by atoms with van der Waals surface area (Å²) in [6.07, 6.45) is 12.4. The lowest BCUT2D eigenvalue weighted by atomic mass is 9.83. The van der Waals surface area contributed by atoms with Crippen LogP contribution in [-0.4, -0.2) is 25.7 Å². The van der Waals surface area contributed by atoms with Crippen LogP contribution in [0.3, 0.4) is 0 Å². The van der Waals surface area contributed by atoms with Gasteiger partial charge < -0.3 is 9.67 Å². The molecule has 2 aromatic rings. The first-order valence-electron chi connectivity index (χ1n) is 8.41. The van der Waals surface area contributed by atoms with Crippen LogP contribution in [0.5, 0.6) is 0 Å². The molecule has 4 heteroatoms. The minimum absolute atomic E-state index is 0.129. The number of nitrogens with zero attached hydrogens (tertiary/aromatic N) is 3. The third kappa shape index (κ3) is 2.17. The third-order valence-electron chi connectivity index (χ3n) is 5.42. The molecule has 1 N–H and O–H groups in total. The molecular formula is C18H23N3O. The number of aliphatic hydroxyl groups excluding tert-OH is 1. The number of hydrogen-bond acceptors (Lipinski definition) is 3. The van der Waals surface area contributed by atoms with Gasteiger partial charge in [-0.3, -0.25) is 4.98 Å². The second kappa shape index (κ2) is 5.51. The molecule has 22 heavy (non-hydrogen) atoms. The fourth-order valence-corrected chi connectivity index (χ4v) is 4.21. The predicted molar refractivity (Wildman–Crippen MR) is 85.5 cm³/mol. The molecule has 2 unspecified atom stereocenters. The van der Waals surface area contributed by atoms with E-state index >= 15 is 0 Å². The van der Waals surface area contributed by atoms with Crippen molar-refractivity contribution in [3.8, 4) is 11.3 Å². The van der Waals surface area contributed by atoms with Crippen LogP contribution in [0.4, 0.5) is 0 Å². The molecule has 0 radical (unpaired) electrons. The number of rotatable bonds is 3. The van der Waals surface area contributed by atoms with E-state index in [0.717, 1.165) is 17.8 Å². The van der Waals surface area contributed by atoms with Crippen LogP contribution >= 0.6 is 0 Å². The Morgan fingerprint density at radius 1 is 1.32 bits per heavy atom. The predicted octanol–water partition coefficient (Wildman–Crippen LogP) is 3.49. The Morgan fingerprint density at radius 2 is 2.14 bits per heavy atom. The molecule has 3 heterocycles. The first kappa shape index (κ1) is 13.9. The molecule has 0 spiro atoms. The van der Waals surface area contributed by atoms with E-state index in [9.17, 15) is 5.11 Å². The van der Waals surface area contributed by atoms with Gasteiger partial charge in [-0.1, -0.05) is 19.3 Å². The van der Waals surface area contributed by atoms with Crippen LogP contribution in [-0.2, 0) is 0 Å². The molecule has 0 bridgehead atoms. The van der Waals surface area contributed by atoms with Gasteiger partial charge in [0.05, 0.1) is 36.1 Å². The highest BCUT2D eigenvalue weighted by Crippen LogP contribution is 2.43. The van der Waals surface area contributed by atoms with Gasteiger partial charge in [0.2, 0.25) is 0 Å². The van der Waals surface area contributed by atoms with Gasteiger partial charge in [-0.2, -0.15) is 0 Å². The van der Waals surface area contributed by atoms with Crippen molar-refractivity contribution in [1.82, 2.24) is 14.5 Å². The molecular weight excluding hydrogens is 274 g/mol. The molecule has 1 saturated carbocycles. The molecule has 0 saturated heterocycles. The van der Waals surface area contributed by atoms with Crippen molar-refractivity contribution >= 4 is 0 Å². The number of fused-ring (bicyclic) bond motifs is 3. The smallest absolute Gasteiger partial charge is 0.0957 e. The molecule has 2 aliphatic rings. The van der Waals surface area contributed by atoms with E-state index in [1.807, 2.05) is 18.7 Å². The van der Waals surface area contributed by atoms with Crippen molar-refractivity contribution in [3.63, 3.8) is 0 Å². The van der Waals surface area contributed by atoms with Crippen LogP contribution in [0.1, 0.15) is 55.8 Å². The first-order chi connectivity index (χ1) is 10.8. The Bertz CT molecular complexity index is 673. The van der Waals surface area contributed by atoms with Crippen LogP contribution in [0.25, 0.3) is 11.3 Å². The molecule has 2 aromatic heterocycles. The van der Waals surface area contributed by atoms with Crippen LogP contribution in [0.15, 0.2) is 24.8 Å². The highest BCUT2D eigenvalue weighted by atomic mass is 16.3. The monoisotopic (exact) mass is 297 g/mol. The molecule has 4 rings (SSSR count). The largest absolute Gasteiger partial charge is 0.393 e. The fourth-order valence-electron chi connectivity index (χ4n) is 4.21. The molecule has 116 valence electrons. The van der Waals surface area contributed by atoms with Gasteiger partial charge >= 0.3 is 0 Å². The minimum atomic E-state index is -0.242. The summed E-state index contributed by atoms with van der Waals surface area (Å²) < 4.78 is 2.19. The number of pyridine rings is 1. The molecule has 0 amide bonds. The molecule has 1 aliphatic carbocycles. The summed E-state index contributed by atoms with van der Waals surface area (Å²) in [5, 5.41) is 10.7. The highest BCUT2D eigenvalue weighted by molar-refractivity contribution is 5.70. The average Bonchev–Trinajstić information content (AvgIpc) is 3.11. The zero-order valence-electron chi connectivity index (χ0n) is 13.1. The zero-order valence-corrected chi connectivity index (χ0v) is 13.1. The highest BCUT2D eigenvalue weighted by Gasteiger charge is 2.34. The number of hydrogen-bond donors (Lipinski definition) is 1. The van der Waals surface area contributed by atoms with Crippen LogP contribution in [0.2, 0.25) is 0 Å². The van der Waals surface area contributed by atoms with Gasteiger partial charge in [0.25, 0.3) is 0 Å². The summed E-state index contributed by atoms with van der Waals surface area (Å²) in [6.45, 7) is 2.12. The lowest BCUT2D eigenvalue weighted by Gasteiger charge is -2.28. The summed E-state index contributed by atoms with van der Waals surface area (Å²) in [5.41, 5.74) is 4.69. The van der Waals surface area contributed by atoms with Crippen molar-refractivity contribution in [1.29, 1.82) is 0 Å². The van der Waals surface area contributed by atoms with Gasteiger partial charge in [0.1, 0.15) is 0 Å². The van der Waals surface area contributed by atoms with E-state index in [1.54, 1.807) is 0 Å². The maximum absolute atomic E-state index is 10.7. The van der Waals surface area contributed by atoms with E-state index in [1.165, 1.54) is 43.2 Å². The molecule has 2 atom stereocenters. The lowest BCUT2D eigenvalue weighted by molar-refractivity contribution is 0.0683. The van der Waals surface area contributed by atoms with Crippen molar-refractivity contribution in [2.75, 3.05) is 0 Å². The average molecular weight is 297 g/mol. The summed E-state index contributed by atoms with van der Waals surface area (Å²) in [6, 6.07) is 2.18. The maximum atomic E-state index is 10.7. The number of aryl methyl sites for hydroxylation is 1. The summed E-state index contributed by atoms with van der Waals surface area (Å²) in [7, 11) is 0. The SMILES string of the molecule is Cc1ccnc2c1-c1cncn1C2CC(O)C1CCCCC1. The Labute approximate surface area is 131 Å². The van der Waals surface area contributed by atoms with Gasteiger partial charge in [-0.05, 0) is 37.3 Å². The molecule has 4 nitrogen and oxygen atoms in total. The van der Waals surface area contributed by atoms with Crippen molar-refractivity contribution in [3.05, 3.63) is 36.0 Å². The van der Waals surface area contributed by atoms with E-state index in [-0.39, 0.29) is 12.1 Å². The van der Waals surface area contributed by atoms with Gasteiger partial charge in [-0.15, -0.1) is 0 Å².